The highest BCUT2D eigenvalue weighted by atomic mass is 16.3. The molecule has 1 saturated carbocycles. The lowest BCUT2D eigenvalue weighted by Gasteiger charge is -2.55. The number of fused-ring (bicyclic) bond motifs is 4. The van der Waals surface area contributed by atoms with Crippen LogP contribution in [0.5, 0.6) is 5.75 Å². The molecule has 2 amide bonds. The number of aromatic hydroxyl groups is 1. The van der Waals surface area contributed by atoms with Crippen molar-refractivity contribution in [1.82, 2.24) is 0 Å². The first-order valence-electron chi connectivity index (χ1n) is 19.7. The van der Waals surface area contributed by atoms with Gasteiger partial charge in [-0.05, 0) is 97.0 Å². The van der Waals surface area contributed by atoms with E-state index < -0.39 is 35.0 Å². The summed E-state index contributed by atoms with van der Waals surface area (Å²) in [5.74, 6) is -4.67. The number of carbonyl (C=O) groups is 4. The maximum atomic E-state index is 15.2. The largest absolute Gasteiger partial charge is 0.507 e. The number of benzene rings is 5. The third kappa shape index (κ3) is 5.75. The zero-order valence-corrected chi connectivity index (χ0v) is 32.4. The first-order chi connectivity index (χ1) is 28.1. The molecular weight excluding hydrogens is 725 g/mol. The van der Waals surface area contributed by atoms with Gasteiger partial charge < -0.3 is 10.0 Å². The summed E-state index contributed by atoms with van der Waals surface area (Å²) in [6.45, 7) is 1.81. The van der Waals surface area contributed by atoms with Gasteiger partial charge in [0, 0.05) is 42.8 Å². The van der Waals surface area contributed by atoms with Crippen LogP contribution in [0.4, 0.5) is 22.7 Å². The lowest BCUT2D eigenvalue weighted by Crippen LogP contribution is -2.58. The van der Waals surface area contributed by atoms with Gasteiger partial charge in [0.05, 0.1) is 34.3 Å². The van der Waals surface area contributed by atoms with Crippen LogP contribution < -0.4 is 9.80 Å². The highest BCUT2D eigenvalue weighted by molar-refractivity contribution is 6.32. The van der Waals surface area contributed by atoms with Gasteiger partial charge in [-0.25, -0.2) is 0 Å². The van der Waals surface area contributed by atoms with Crippen molar-refractivity contribution >= 4 is 51.7 Å². The van der Waals surface area contributed by atoms with Crippen LogP contribution in [0.15, 0.2) is 155 Å². The van der Waals surface area contributed by atoms with Crippen LogP contribution in [0.1, 0.15) is 41.0 Å². The van der Waals surface area contributed by atoms with E-state index in [4.69, 9.17) is 0 Å². The Hall–Kier alpha value is -6.74. The third-order valence-electron chi connectivity index (χ3n) is 12.7. The summed E-state index contributed by atoms with van der Waals surface area (Å²) in [6.07, 6.45) is 3.96. The molecule has 288 valence electrons. The molecule has 2 fully saturated rings. The van der Waals surface area contributed by atoms with Gasteiger partial charge in [0.2, 0.25) is 11.8 Å². The second kappa shape index (κ2) is 14.3. The van der Waals surface area contributed by atoms with Crippen molar-refractivity contribution in [2.24, 2.45) is 33.9 Å². The molecule has 0 bridgehead atoms. The van der Waals surface area contributed by atoms with Gasteiger partial charge in [0.15, 0.2) is 11.6 Å². The lowest BCUT2D eigenvalue weighted by molar-refractivity contribution is -0.135. The average Bonchev–Trinajstić information content (AvgIpc) is 3.51. The second-order valence-corrected chi connectivity index (χ2v) is 15.9. The Morgan fingerprint density at radius 3 is 2.02 bits per heavy atom. The van der Waals surface area contributed by atoms with E-state index in [0.717, 1.165) is 11.3 Å². The lowest BCUT2D eigenvalue weighted by atomic mass is 9.44. The monoisotopic (exact) mass is 766 g/mol. The number of phenols is 1. The number of hydrogen-bond acceptors (Lipinski definition) is 8. The first-order valence-corrected chi connectivity index (χ1v) is 19.7. The van der Waals surface area contributed by atoms with Crippen molar-refractivity contribution in [3.8, 4) is 5.75 Å². The van der Waals surface area contributed by atoms with E-state index in [1.807, 2.05) is 135 Å². The van der Waals surface area contributed by atoms with E-state index in [2.05, 4.69) is 10.2 Å². The van der Waals surface area contributed by atoms with Crippen LogP contribution in [-0.4, -0.2) is 42.6 Å². The number of Topliss-reactive ketones (excluding diaryl/α,β-unsaturated/α-hetero) is 1. The highest BCUT2D eigenvalue weighted by Gasteiger charge is 2.66. The quantitative estimate of drug-likeness (QED) is 0.100. The topological polar surface area (TPSA) is 120 Å². The number of amides is 2. The minimum atomic E-state index is -1.42. The second-order valence-electron chi connectivity index (χ2n) is 15.9. The van der Waals surface area contributed by atoms with Crippen LogP contribution in [0.2, 0.25) is 0 Å². The van der Waals surface area contributed by atoms with Gasteiger partial charge in [-0.1, -0.05) is 90.5 Å². The smallest absolute Gasteiger partial charge is 0.238 e. The van der Waals surface area contributed by atoms with Crippen LogP contribution in [0.25, 0.3) is 5.57 Å². The molecule has 4 aliphatic rings. The number of nitrogens with zero attached hydrogens (tertiary/aromatic N) is 4. The van der Waals surface area contributed by atoms with Crippen LogP contribution in [0, 0.1) is 30.6 Å². The molecule has 5 aromatic rings. The van der Waals surface area contributed by atoms with Gasteiger partial charge >= 0.3 is 0 Å². The Kier molecular flexibility index (Phi) is 9.11. The van der Waals surface area contributed by atoms with Crippen molar-refractivity contribution < 1.29 is 24.3 Å². The van der Waals surface area contributed by atoms with Gasteiger partial charge in [0.1, 0.15) is 5.75 Å². The maximum absolute atomic E-state index is 15.2. The normalized spacial score (nSPS) is 25.2. The molecule has 9 heteroatoms. The Morgan fingerprint density at radius 2 is 1.36 bits per heavy atom. The molecule has 1 N–H and O–H groups in total. The summed E-state index contributed by atoms with van der Waals surface area (Å²) < 4.78 is 0. The Balaban J connectivity index is 1.12. The number of anilines is 2. The van der Waals surface area contributed by atoms with E-state index in [0.29, 0.717) is 44.9 Å². The Labute approximate surface area is 337 Å². The van der Waals surface area contributed by atoms with Crippen molar-refractivity contribution in [3.63, 3.8) is 0 Å². The zero-order valence-electron chi connectivity index (χ0n) is 32.4. The minimum Gasteiger partial charge on any atom is -0.507 e. The molecule has 0 aromatic heterocycles. The number of phenolic OH excluding ortho intramolecular Hbond substituents is 1. The predicted octanol–water partition coefficient (Wildman–Crippen LogP) is 9.21. The molecule has 58 heavy (non-hydrogen) atoms. The van der Waals surface area contributed by atoms with Crippen LogP contribution in [-0.2, 0) is 24.6 Å². The number of hydrogen-bond donors (Lipinski definition) is 1. The molecule has 9 rings (SSSR count). The van der Waals surface area contributed by atoms with Crippen LogP contribution in [0.3, 0.4) is 0 Å². The SMILES string of the molecule is Cc1cccc([C@H]2C3=CC[C@@H]4C(=O)N(c5ccc(N=Nc6ccc(N(C)C)cc6)cc5)C(=O)[C@@H]4[C@@H]3C[C@H]3C(=O)C(c4ccccc4)=CC(=O)[C@@]23c2ccccc2)c1O. The summed E-state index contributed by atoms with van der Waals surface area (Å²) in [4.78, 5) is 62.8. The van der Waals surface area contributed by atoms with Crippen molar-refractivity contribution in [2.75, 3.05) is 23.9 Å². The van der Waals surface area contributed by atoms with E-state index >= 15 is 9.59 Å². The van der Waals surface area contributed by atoms with Crippen molar-refractivity contribution in [3.05, 3.63) is 167 Å². The van der Waals surface area contributed by atoms with Gasteiger partial charge in [-0.15, -0.1) is 0 Å². The van der Waals surface area contributed by atoms with E-state index in [1.54, 1.807) is 24.3 Å². The molecule has 0 unspecified atom stereocenters. The Morgan fingerprint density at radius 1 is 0.724 bits per heavy atom. The van der Waals surface area contributed by atoms with Crippen molar-refractivity contribution in [1.29, 1.82) is 0 Å². The molecule has 9 nitrogen and oxygen atoms in total. The number of carbonyl (C=O) groups excluding carboxylic acids is 4. The molecule has 0 radical (unpaired) electrons. The third-order valence-corrected chi connectivity index (χ3v) is 12.7. The number of para-hydroxylation sites is 1. The number of azo groups is 1. The number of imide groups is 1. The summed E-state index contributed by atoms with van der Waals surface area (Å²) in [5.41, 5.74) is 4.92. The molecule has 1 aliphatic heterocycles. The fourth-order valence-corrected chi connectivity index (χ4v) is 9.99. The fraction of sp³-hybridized carbons (Fsp3) is 0.224. The van der Waals surface area contributed by atoms with E-state index in [-0.39, 0.29) is 42.0 Å². The van der Waals surface area contributed by atoms with Gasteiger partial charge in [-0.2, -0.15) is 10.2 Å². The summed E-state index contributed by atoms with van der Waals surface area (Å²) in [7, 11) is 3.94. The summed E-state index contributed by atoms with van der Waals surface area (Å²) in [6, 6.07) is 38.6. The molecular formula is C49H42N4O5. The van der Waals surface area contributed by atoms with E-state index in [9.17, 15) is 14.7 Å². The molecule has 5 aromatic carbocycles. The molecule has 0 spiro atoms. The van der Waals surface area contributed by atoms with Gasteiger partial charge in [0.25, 0.3) is 0 Å². The molecule has 1 saturated heterocycles. The minimum absolute atomic E-state index is 0.0431. The zero-order chi connectivity index (χ0) is 40.3. The predicted molar refractivity (Wildman–Crippen MR) is 223 cm³/mol. The number of allylic oxidation sites excluding steroid dienone is 4. The summed E-state index contributed by atoms with van der Waals surface area (Å²) in [5, 5.41) is 20.5. The van der Waals surface area contributed by atoms with E-state index in [1.165, 1.54) is 11.0 Å². The molecule has 3 aliphatic carbocycles. The summed E-state index contributed by atoms with van der Waals surface area (Å²) >= 11 is 0. The number of ketones is 2. The molecule has 6 atom stereocenters. The van der Waals surface area contributed by atoms with Crippen LogP contribution >= 0.6 is 0 Å². The number of rotatable bonds is 7. The maximum Gasteiger partial charge on any atom is 0.238 e. The fourth-order valence-electron chi connectivity index (χ4n) is 9.99. The molecule has 1 heterocycles. The standard InChI is InChI=1S/C49H42N4O5/c1-29-11-10-16-38(45(29)55)44-36-25-26-37-43(48(58)53(47(37)57)35-23-19-33(20-24-35)51-50-32-17-21-34(22-18-32)52(2)3)40(36)27-41-46(56)39(30-12-6-4-7-13-30)28-42(54)49(41,44)31-14-8-5-9-15-31/h4-25,28,37,40-41,43-44,55H,26-27H2,1-3H3/t37-,40+,41-,43-,44+,49-/m0/s1. The van der Waals surface area contributed by atoms with Crippen molar-refractivity contribution in [2.45, 2.75) is 31.1 Å². The number of aryl methyl sites for hydroxylation is 1. The average molecular weight is 767 g/mol. The van der Waals surface area contributed by atoms with Gasteiger partial charge in [-0.3, -0.25) is 24.1 Å². The highest BCUT2D eigenvalue weighted by Crippen LogP contribution is 2.64. The Bertz CT molecular complexity index is 2560. The first kappa shape index (κ1) is 36.9.